The van der Waals surface area contributed by atoms with Crippen LogP contribution in [0.4, 0.5) is 0 Å². The van der Waals surface area contributed by atoms with Gasteiger partial charge in [-0.1, -0.05) is 54.6 Å². The fourth-order valence-corrected chi connectivity index (χ4v) is 4.15. The monoisotopic (exact) mass is 406 g/mol. The maximum atomic E-state index is 12.1. The van der Waals surface area contributed by atoms with Crippen molar-refractivity contribution in [1.82, 2.24) is 4.57 Å². The van der Waals surface area contributed by atoms with E-state index in [0.29, 0.717) is 12.1 Å². The Hall–Kier alpha value is -4.05. The van der Waals surface area contributed by atoms with E-state index in [1.807, 2.05) is 60.7 Å². The maximum absolute atomic E-state index is 12.1. The SMILES string of the molecule is Cc1ccc2c3c(C(N)=O)cccc3n(Cc3ccccc3Oc3ccccc3)c2c1. The van der Waals surface area contributed by atoms with Crippen LogP contribution in [0.15, 0.2) is 91.0 Å². The molecule has 0 fully saturated rings. The molecule has 0 bridgehead atoms. The van der Waals surface area contributed by atoms with Crippen molar-refractivity contribution in [3.8, 4) is 11.5 Å². The van der Waals surface area contributed by atoms with Gasteiger partial charge in [0.15, 0.2) is 0 Å². The van der Waals surface area contributed by atoms with Crippen molar-refractivity contribution in [2.24, 2.45) is 5.73 Å². The Labute approximate surface area is 180 Å². The smallest absolute Gasteiger partial charge is 0.249 e. The normalized spacial score (nSPS) is 11.1. The van der Waals surface area contributed by atoms with Crippen LogP contribution >= 0.6 is 0 Å². The molecule has 5 aromatic rings. The number of carbonyl (C=O) groups excluding carboxylic acids is 1. The van der Waals surface area contributed by atoms with Crippen molar-refractivity contribution in [2.45, 2.75) is 13.5 Å². The van der Waals surface area contributed by atoms with Crippen LogP contribution in [0, 0.1) is 6.92 Å². The molecule has 31 heavy (non-hydrogen) atoms. The molecule has 4 nitrogen and oxygen atoms in total. The first-order valence-corrected chi connectivity index (χ1v) is 10.2. The van der Waals surface area contributed by atoms with E-state index >= 15 is 0 Å². The Morgan fingerprint density at radius 2 is 1.65 bits per heavy atom. The lowest BCUT2D eigenvalue weighted by Crippen LogP contribution is -2.11. The van der Waals surface area contributed by atoms with E-state index in [-0.39, 0.29) is 0 Å². The summed E-state index contributed by atoms with van der Waals surface area (Å²) in [5.74, 6) is 1.18. The van der Waals surface area contributed by atoms with Gasteiger partial charge in [0.05, 0.1) is 12.1 Å². The van der Waals surface area contributed by atoms with E-state index in [2.05, 4.69) is 35.8 Å². The number of hydrogen-bond donors (Lipinski definition) is 1. The summed E-state index contributed by atoms with van der Waals surface area (Å²) in [6.45, 7) is 2.68. The van der Waals surface area contributed by atoms with Crippen LogP contribution < -0.4 is 10.5 Å². The van der Waals surface area contributed by atoms with Crippen molar-refractivity contribution in [2.75, 3.05) is 0 Å². The molecule has 0 atom stereocenters. The quantitative estimate of drug-likeness (QED) is 0.387. The van der Waals surface area contributed by atoms with Crippen LogP contribution in [-0.4, -0.2) is 10.5 Å². The number of carbonyl (C=O) groups is 1. The molecule has 0 saturated heterocycles. The Bertz CT molecular complexity index is 1420. The molecule has 1 amide bonds. The van der Waals surface area contributed by atoms with Crippen molar-refractivity contribution >= 4 is 27.7 Å². The minimum absolute atomic E-state index is 0.418. The average molecular weight is 406 g/mol. The highest BCUT2D eigenvalue weighted by Gasteiger charge is 2.17. The predicted molar refractivity (Wildman–Crippen MR) is 125 cm³/mol. The van der Waals surface area contributed by atoms with E-state index in [4.69, 9.17) is 10.5 Å². The van der Waals surface area contributed by atoms with Gasteiger partial charge in [-0.05, 0) is 48.9 Å². The van der Waals surface area contributed by atoms with Crippen LogP contribution in [0.25, 0.3) is 21.8 Å². The molecule has 0 aliphatic heterocycles. The lowest BCUT2D eigenvalue weighted by Gasteiger charge is -2.14. The topological polar surface area (TPSA) is 57.2 Å². The number of nitrogens with zero attached hydrogens (tertiary/aromatic N) is 1. The van der Waals surface area contributed by atoms with Gasteiger partial charge in [-0.15, -0.1) is 0 Å². The minimum Gasteiger partial charge on any atom is -0.457 e. The maximum Gasteiger partial charge on any atom is 0.249 e. The first-order chi connectivity index (χ1) is 15.1. The molecule has 2 N–H and O–H groups in total. The van der Waals surface area contributed by atoms with Gasteiger partial charge in [-0.2, -0.15) is 0 Å². The summed E-state index contributed by atoms with van der Waals surface area (Å²) in [5.41, 5.74) is 10.5. The minimum atomic E-state index is -0.418. The average Bonchev–Trinajstić information content (AvgIpc) is 3.08. The van der Waals surface area contributed by atoms with E-state index in [1.54, 1.807) is 6.07 Å². The van der Waals surface area contributed by atoms with Crippen molar-refractivity contribution < 1.29 is 9.53 Å². The molecule has 1 heterocycles. The van der Waals surface area contributed by atoms with Crippen LogP contribution in [-0.2, 0) is 6.54 Å². The summed E-state index contributed by atoms with van der Waals surface area (Å²) in [6, 6.07) is 29.8. The number of ether oxygens (including phenoxy) is 1. The highest BCUT2D eigenvalue weighted by Crippen LogP contribution is 2.34. The molecule has 1 aromatic heterocycles. The van der Waals surface area contributed by atoms with Gasteiger partial charge >= 0.3 is 0 Å². The van der Waals surface area contributed by atoms with Gasteiger partial charge in [-0.25, -0.2) is 0 Å². The summed E-state index contributed by atoms with van der Waals surface area (Å²) in [6.07, 6.45) is 0. The summed E-state index contributed by atoms with van der Waals surface area (Å²) >= 11 is 0. The molecule has 0 radical (unpaired) electrons. The fourth-order valence-electron chi connectivity index (χ4n) is 4.15. The summed E-state index contributed by atoms with van der Waals surface area (Å²) < 4.78 is 8.41. The highest BCUT2D eigenvalue weighted by atomic mass is 16.5. The largest absolute Gasteiger partial charge is 0.457 e. The highest BCUT2D eigenvalue weighted by molar-refractivity contribution is 6.18. The Kier molecular flexibility index (Phi) is 4.68. The number of primary amides is 1. The summed E-state index contributed by atoms with van der Waals surface area (Å²) in [4.78, 5) is 12.1. The zero-order chi connectivity index (χ0) is 21.4. The number of aryl methyl sites for hydroxylation is 1. The van der Waals surface area contributed by atoms with Crippen molar-refractivity contribution in [3.63, 3.8) is 0 Å². The van der Waals surface area contributed by atoms with E-state index < -0.39 is 5.91 Å². The predicted octanol–water partition coefficient (Wildman–Crippen LogP) is 6.04. The lowest BCUT2D eigenvalue weighted by atomic mass is 10.1. The molecule has 0 aliphatic rings. The van der Waals surface area contributed by atoms with Crippen LogP contribution in [0.2, 0.25) is 0 Å². The lowest BCUT2D eigenvalue weighted by molar-refractivity contribution is 0.100. The van der Waals surface area contributed by atoms with Gasteiger partial charge in [-0.3, -0.25) is 4.79 Å². The second kappa shape index (κ2) is 7.65. The van der Waals surface area contributed by atoms with Gasteiger partial charge in [0, 0.05) is 27.4 Å². The molecular formula is C27H22N2O2. The standard InChI is InChI=1S/C27H22N2O2/c1-18-14-15-21-24(16-18)29(23-12-7-11-22(26(21)23)27(28)30)17-19-8-5-6-13-25(19)31-20-9-3-2-4-10-20/h2-16H,17H2,1H3,(H2,28,30). The second-order valence-corrected chi connectivity index (χ2v) is 7.69. The number of para-hydroxylation sites is 2. The molecule has 152 valence electrons. The number of benzene rings is 4. The first kappa shape index (κ1) is 18.9. The van der Waals surface area contributed by atoms with Gasteiger partial charge in [0.1, 0.15) is 11.5 Å². The summed E-state index contributed by atoms with van der Waals surface area (Å²) in [5, 5.41) is 1.92. The zero-order valence-electron chi connectivity index (χ0n) is 17.2. The second-order valence-electron chi connectivity index (χ2n) is 7.69. The van der Waals surface area contributed by atoms with E-state index in [0.717, 1.165) is 44.4 Å². The fraction of sp³-hybridized carbons (Fsp3) is 0.0741. The number of fused-ring (bicyclic) bond motifs is 3. The number of rotatable bonds is 5. The Morgan fingerprint density at radius 3 is 2.45 bits per heavy atom. The number of nitrogens with two attached hydrogens (primary N) is 1. The molecule has 0 aliphatic carbocycles. The third kappa shape index (κ3) is 3.42. The molecular weight excluding hydrogens is 384 g/mol. The van der Waals surface area contributed by atoms with Gasteiger partial charge in [0.25, 0.3) is 0 Å². The Balaban J connectivity index is 1.69. The van der Waals surface area contributed by atoms with Crippen LogP contribution in [0.1, 0.15) is 21.5 Å². The molecule has 4 aromatic carbocycles. The number of aromatic nitrogens is 1. The molecule has 5 rings (SSSR count). The van der Waals surface area contributed by atoms with E-state index in [9.17, 15) is 4.79 Å². The van der Waals surface area contributed by atoms with Gasteiger partial charge < -0.3 is 15.0 Å². The third-order valence-corrected chi connectivity index (χ3v) is 5.58. The Morgan fingerprint density at radius 1 is 0.871 bits per heavy atom. The molecule has 0 saturated carbocycles. The third-order valence-electron chi connectivity index (χ3n) is 5.58. The summed E-state index contributed by atoms with van der Waals surface area (Å²) in [7, 11) is 0. The zero-order valence-corrected chi connectivity index (χ0v) is 17.2. The van der Waals surface area contributed by atoms with Crippen LogP contribution in [0.5, 0.6) is 11.5 Å². The number of amides is 1. The van der Waals surface area contributed by atoms with Crippen molar-refractivity contribution in [1.29, 1.82) is 0 Å². The first-order valence-electron chi connectivity index (χ1n) is 10.2. The molecule has 0 spiro atoms. The molecule has 0 unspecified atom stereocenters. The van der Waals surface area contributed by atoms with Crippen molar-refractivity contribution in [3.05, 3.63) is 108 Å². The number of hydrogen-bond acceptors (Lipinski definition) is 2. The molecule has 4 heteroatoms. The van der Waals surface area contributed by atoms with Gasteiger partial charge in [0.2, 0.25) is 5.91 Å². The van der Waals surface area contributed by atoms with E-state index in [1.165, 1.54) is 0 Å². The van der Waals surface area contributed by atoms with Crippen LogP contribution in [0.3, 0.4) is 0 Å².